The van der Waals surface area contributed by atoms with Gasteiger partial charge in [-0.1, -0.05) is 25.5 Å². The SMILES string of the molecule is CCCc1ccc(C(F)(F)Oc2ccc(-c3cc(F)c(C(F)(F)F)c(F)c3)c(F)c2F)cc1. The zero-order chi connectivity index (χ0) is 24.6. The van der Waals surface area contributed by atoms with Crippen molar-refractivity contribution in [3.8, 4) is 16.9 Å². The van der Waals surface area contributed by atoms with Gasteiger partial charge >= 0.3 is 12.3 Å². The van der Waals surface area contributed by atoms with Gasteiger partial charge in [-0.25, -0.2) is 13.2 Å². The third kappa shape index (κ3) is 5.09. The van der Waals surface area contributed by atoms with E-state index in [1.165, 1.54) is 12.1 Å². The van der Waals surface area contributed by atoms with Crippen molar-refractivity contribution in [1.29, 1.82) is 0 Å². The number of halogens is 9. The molecule has 3 rings (SSSR count). The fourth-order valence-electron chi connectivity index (χ4n) is 3.18. The lowest BCUT2D eigenvalue weighted by Crippen LogP contribution is -2.22. The molecule has 0 radical (unpaired) electrons. The average molecular weight is 478 g/mol. The Morgan fingerprint density at radius 1 is 0.758 bits per heavy atom. The van der Waals surface area contributed by atoms with Crippen LogP contribution in [-0.2, 0) is 18.7 Å². The molecule has 0 atom stereocenters. The van der Waals surface area contributed by atoms with Crippen LogP contribution >= 0.6 is 0 Å². The van der Waals surface area contributed by atoms with Crippen LogP contribution in [0.3, 0.4) is 0 Å². The van der Waals surface area contributed by atoms with Gasteiger partial charge in [0.15, 0.2) is 11.6 Å². The number of alkyl halides is 5. The standard InChI is InChI=1S/C23H15F9O/c1-2-3-12-4-6-14(7-5-12)23(31,32)33-18-9-8-15(20(26)21(18)27)13-10-16(24)19(17(25)11-13)22(28,29)30/h4-11H,2-3H2,1H3. The Labute approximate surface area is 182 Å². The molecule has 0 unspecified atom stereocenters. The summed E-state index contributed by atoms with van der Waals surface area (Å²) in [4.78, 5) is 0. The van der Waals surface area contributed by atoms with Crippen molar-refractivity contribution >= 4 is 0 Å². The van der Waals surface area contributed by atoms with Gasteiger partial charge in [0.1, 0.15) is 17.2 Å². The van der Waals surface area contributed by atoms with Crippen LogP contribution in [0.25, 0.3) is 11.1 Å². The Balaban J connectivity index is 1.93. The van der Waals surface area contributed by atoms with Crippen molar-refractivity contribution in [3.05, 3.63) is 88.5 Å². The van der Waals surface area contributed by atoms with Gasteiger partial charge in [0.25, 0.3) is 0 Å². The van der Waals surface area contributed by atoms with Gasteiger partial charge in [-0.2, -0.15) is 26.3 Å². The molecule has 1 nitrogen and oxygen atoms in total. The van der Waals surface area contributed by atoms with Gasteiger partial charge in [0, 0.05) is 5.56 Å². The summed E-state index contributed by atoms with van der Waals surface area (Å²) in [6.45, 7) is 1.90. The second-order valence-electron chi connectivity index (χ2n) is 7.12. The van der Waals surface area contributed by atoms with Crippen LogP contribution in [0.4, 0.5) is 39.5 Å². The molecule has 0 amide bonds. The minimum Gasteiger partial charge on any atom is -0.426 e. The van der Waals surface area contributed by atoms with Crippen molar-refractivity contribution in [3.63, 3.8) is 0 Å². The van der Waals surface area contributed by atoms with Crippen LogP contribution in [0.1, 0.15) is 30.0 Å². The molecule has 0 aliphatic heterocycles. The second-order valence-corrected chi connectivity index (χ2v) is 7.12. The number of benzene rings is 3. The van der Waals surface area contributed by atoms with E-state index in [0.717, 1.165) is 24.1 Å². The minimum atomic E-state index is -5.35. The maximum absolute atomic E-state index is 14.5. The van der Waals surface area contributed by atoms with E-state index >= 15 is 0 Å². The molecule has 0 fully saturated rings. The fourth-order valence-corrected chi connectivity index (χ4v) is 3.18. The largest absolute Gasteiger partial charge is 0.426 e. The molecule has 0 saturated heterocycles. The predicted octanol–water partition coefficient (Wildman–Crippen LogP) is 8.01. The lowest BCUT2D eigenvalue weighted by Gasteiger charge is -2.19. The molecule has 0 aliphatic rings. The maximum atomic E-state index is 14.5. The summed E-state index contributed by atoms with van der Waals surface area (Å²) in [5.74, 6) is -9.03. The molecular weight excluding hydrogens is 463 g/mol. The Morgan fingerprint density at radius 3 is 1.85 bits per heavy atom. The molecule has 0 bridgehead atoms. The fraction of sp³-hybridized carbons (Fsp3) is 0.217. The van der Waals surface area contributed by atoms with E-state index in [-0.39, 0.29) is 12.1 Å². The van der Waals surface area contributed by atoms with Gasteiger partial charge in [0.2, 0.25) is 5.82 Å². The van der Waals surface area contributed by atoms with Crippen LogP contribution in [-0.4, -0.2) is 0 Å². The maximum Gasteiger partial charge on any atom is 0.426 e. The summed E-state index contributed by atoms with van der Waals surface area (Å²) >= 11 is 0. The van der Waals surface area contributed by atoms with Crippen molar-refractivity contribution in [2.24, 2.45) is 0 Å². The molecule has 0 spiro atoms. The van der Waals surface area contributed by atoms with Crippen LogP contribution < -0.4 is 4.74 Å². The molecule has 176 valence electrons. The normalized spacial score (nSPS) is 12.2. The molecule has 0 heterocycles. The molecule has 0 aliphatic carbocycles. The average Bonchev–Trinajstić information content (AvgIpc) is 2.70. The van der Waals surface area contributed by atoms with Crippen LogP contribution in [0.2, 0.25) is 0 Å². The monoisotopic (exact) mass is 478 g/mol. The first-order valence-corrected chi connectivity index (χ1v) is 9.56. The molecule has 0 saturated carbocycles. The number of rotatable bonds is 6. The third-order valence-electron chi connectivity index (χ3n) is 4.75. The van der Waals surface area contributed by atoms with E-state index in [1.54, 1.807) is 0 Å². The Bertz CT molecular complexity index is 1130. The van der Waals surface area contributed by atoms with Gasteiger partial charge < -0.3 is 4.74 Å². The highest BCUT2D eigenvalue weighted by atomic mass is 19.4. The van der Waals surface area contributed by atoms with E-state index in [1.807, 2.05) is 6.92 Å². The van der Waals surface area contributed by atoms with E-state index in [0.29, 0.717) is 18.6 Å². The van der Waals surface area contributed by atoms with Gasteiger partial charge in [-0.05, 0) is 53.9 Å². The summed E-state index contributed by atoms with van der Waals surface area (Å²) in [5.41, 5.74) is -3.65. The highest BCUT2D eigenvalue weighted by Gasteiger charge is 2.39. The third-order valence-corrected chi connectivity index (χ3v) is 4.75. The van der Waals surface area contributed by atoms with E-state index < -0.39 is 63.6 Å². The first kappa shape index (κ1) is 24.5. The minimum absolute atomic E-state index is 0.163. The molecular formula is C23H15F9O. The number of hydrogen-bond donors (Lipinski definition) is 0. The summed E-state index contributed by atoms with van der Waals surface area (Å²) in [6, 6.07) is 6.58. The van der Waals surface area contributed by atoms with E-state index in [9.17, 15) is 39.5 Å². The van der Waals surface area contributed by atoms with E-state index in [2.05, 4.69) is 4.74 Å². The summed E-state index contributed by atoms with van der Waals surface area (Å²) in [5, 5.41) is 0. The van der Waals surface area contributed by atoms with Crippen molar-refractivity contribution in [2.45, 2.75) is 32.1 Å². The Morgan fingerprint density at radius 2 is 1.33 bits per heavy atom. The highest BCUT2D eigenvalue weighted by Crippen LogP contribution is 2.39. The van der Waals surface area contributed by atoms with Gasteiger partial charge in [-0.15, -0.1) is 0 Å². The topological polar surface area (TPSA) is 9.23 Å². The number of ether oxygens (including phenoxy) is 1. The van der Waals surface area contributed by atoms with Crippen LogP contribution in [0.15, 0.2) is 48.5 Å². The Kier molecular flexibility index (Phi) is 6.67. The molecule has 3 aromatic rings. The molecule has 3 aromatic carbocycles. The zero-order valence-electron chi connectivity index (χ0n) is 16.8. The summed E-state index contributed by atoms with van der Waals surface area (Å²) in [6.07, 6.45) is -7.96. The van der Waals surface area contributed by atoms with Crippen LogP contribution in [0.5, 0.6) is 5.75 Å². The van der Waals surface area contributed by atoms with Crippen LogP contribution in [0, 0.1) is 23.3 Å². The molecule has 0 N–H and O–H groups in total. The first-order chi connectivity index (χ1) is 15.3. The van der Waals surface area contributed by atoms with E-state index in [4.69, 9.17) is 0 Å². The van der Waals surface area contributed by atoms with Crippen molar-refractivity contribution < 1.29 is 44.3 Å². The predicted molar refractivity (Wildman–Crippen MR) is 102 cm³/mol. The second kappa shape index (κ2) is 8.99. The quantitative estimate of drug-likeness (QED) is 0.326. The summed E-state index contributed by atoms with van der Waals surface area (Å²) < 4.78 is 128. The number of hydrogen-bond acceptors (Lipinski definition) is 1. The first-order valence-electron chi connectivity index (χ1n) is 9.56. The lowest BCUT2D eigenvalue weighted by atomic mass is 10.0. The van der Waals surface area contributed by atoms with Gasteiger partial charge in [0.05, 0.1) is 5.56 Å². The highest BCUT2D eigenvalue weighted by molar-refractivity contribution is 5.66. The molecule has 33 heavy (non-hydrogen) atoms. The number of aryl methyl sites for hydroxylation is 1. The van der Waals surface area contributed by atoms with Gasteiger partial charge in [-0.3, -0.25) is 0 Å². The molecule has 10 heteroatoms. The smallest absolute Gasteiger partial charge is 0.426 e. The summed E-state index contributed by atoms with van der Waals surface area (Å²) in [7, 11) is 0. The zero-order valence-corrected chi connectivity index (χ0v) is 16.8. The molecule has 0 aromatic heterocycles. The van der Waals surface area contributed by atoms with Crippen molar-refractivity contribution in [1.82, 2.24) is 0 Å². The lowest BCUT2D eigenvalue weighted by molar-refractivity contribution is -0.187. The Hall–Kier alpha value is -3.17. The van der Waals surface area contributed by atoms with Crippen molar-refractivity contribution in [2.75, 3.05) is 0 Å².